The Morgan fingerprint density at radius 1 is 1.35 bits per heavy atom. The first-order valence-electron chi connectivity index (χ1n) is 5.65. The maximum atomic E-state index is 11.9. The predicted molar refractivity (Wildman–Crippen MR) is 66.3 cm³/mol. The molecule has 1 heterocycles. The van der Waals surface area contributed by atoms with Crippen molar-refractivity contribution in [3.8, 4) is 5.75 Å². The molecule has 1 aliphatic heterocycles. The zero-order valence-electron chi connectivity index (χ0n) is 9.44. The molecule has 0 saturated heterocycles. The number of anilines is 1. The molecule has 0 aliphatic carbocycles. The third-order valence-corrected chi connectivity index (χ3v) is 2.51. The first-order chi connectivity index (χ1) is 8.27. The van der Waals surface area contributed by atoms with Crippen LogP contribution in [0.25, 0.3) is 0 Å². The van der Waals surface area contributed by atoms with E-state index in [1.165, 1.54) is 6.07 Å². The smallest absolute Gasteiger partial charge is 0.290 e. The number of phenolic OH excluding ortho intramolecular Hbond substituents is 1. The lowest BCUT2D eigenvalue weighted by Gasteiger charge is -2.09. The molecule has 0 atom stereocenters. The number of carbonyl (C=O) groups is 1. The second-order valence-corrected chi connectivity index (χ2v) is 3.84. The van der Waals surface area contributed by atoms with Crippen LogP contribution < -0.4 is 10.6 Å². The van der Waals surface area contributed by atoms with Crippen molar-refractivity contribution < 1.29 is 9.90 Å². The normalized spacial score (nSPS) is 15.4. The number of benzene rings is 1. The molecule has 5 nitrogen and oxygen atoms in total. The number of hydrogen-bond acceptors (Lipinski definition) is 4. The summed E-state index contributed by atoms with van der Waals surface area (Å²) in [6, 6.07) is 6.62. The van der Waals surface area contributed by atoms with E-state index >= 15 is 0 Å². The Labute approximate surface area is 99.6 Å². The van der Waals surface area contributed by atoms with Gasteiger partial charge < -0.3 is 15.7 Å². The fourth-order valence-electron chi connectivity index (χ4n) is 1.60. The molecule has 0 unspecified atom stereocenters. The molecule has 0 bridgehead atoms. The van der Waals surface area contributed by atoms with Gasteiger partial charge in [0.2, 0.25) is 0 Å². The van der Waals surface area contributed by atoms with Crippen molar-refractivity contribution in [3.63, 3.8) is 0 Å². The van der Waals surface area contributed by atoms with Gasteiger partial charge in [-0.2, -0.15) is 0 Å². The van der Waals surface area contributed by atoms with Crippen molar-refractivity contribution in [3.05, 3.63) is 24.3 Å². The molecule has 1 aromatic rings. The maximum absolute atomic E-state index is 11.9. The second kappa shape index (κ2) is 5.34. The van der Waals surface area contributed by atoms with E-state index in [-0.39, 0.29) is 11.7 Å². The van der Waals surface area contributed by atoms with Crippen LogP contribution in [0, 0.1) is 0 Å². The van der Waals surface area contributed by atoms with Gasteiger partial charge in [0.25, 0.3) is 5.91 Å². The number of aromatic hydroxyl groups is 1. The van der Waals surface area contributed by atoms with Gasteiger partial charge in [-0.1, -0.05) is 12.1 Å². The van der Waals surface area contributed by atoms with Crippen molar-refractivity contribution in [2.75, 3.05) is 18.4 Å². The summed E-state index contributed by atoms with van der Waals surface area (Å²) in [5, 5.41) is 15.1. The summed E-state index contributed by atoms with van der Waals surface area (Å²) < 4.78 is 0. The molecular formula is C12H15N3O2. The number of nitrogens with one attached hydrogen (secondary N) is 2. The first kappa shape index (κ1) is 11.4. The van der Waals surface area contributed by atoms with Gasteiger partial charge in [-0.3, -0.25) is 9.79 Å². The highest BCUT2D eigenvalue weighted by molar-refractivity contribution is 6.42. The summed E-state index contributed by atoms with van der Waals surface area (Å²) in [7, 11) is 0. The van der Waals surface area contributed by atoms with Crippen molar-refractivity contribution in [1.29, 1.82) is 0 Å². The highest BCUT2D eigenvalue weighted by atomic mass is 16.3. The molecule has 1 aromatic carbocycles. The molecule has 0 spiro atoms. The second-order valence-electron chi connectivity index (χ2n) is 3.84. The minimum absolute atomic E-state index is 0.0510. The van der Waals surface area contributed by atoms with Gasteiger partial charge in [0.15, 0.2) is 5.84 Å². The molecule has 5 heteroatoms. The highest BCUT2D eigenvalue weighted by Gasteiger charge is 2.14. The number of phenols is 1. The Bertz CT molecular complexity index is 443. The van der Waals surface area contributed by atoms with Crippen LogP contribution in [0.4, 0.5) is 5.69 Å². The quantitative estimate of drug-likeness (QED) is 0.670. The molecule has 1 amide bonds. The van der Waals surface area contributed by atoms with Crippen LogP contribution >= 0.6 is 0 Å². The average molecular weight is 233 g/mol. The largest absolute Gasteiger partial charge is 0.506 e. The Balaban J connectivity index is 2.06. The molecule has 0 radical (unpaired) electrons. The fraction of sp³-hybridized carbons (Fsp3) is 0.333. The zero-order chi connectivity index (χ0) is 12.1. The van der Waals surface area contributed by atoms with Crippen molar-refractivity contribution in [2.24, 2.45) is 4.99 Å². The van der Waals surface area contributed by atoms with Gasteiger partial charge in [-0.25, -0.2) is 0 Å². The van der Waals surface area contributed by atoms with Crippen LogP contribution in [0.1, 0.15) is 12.8 Å². The summed E-state index contributed by atoms with van der Waals surface area (Å²) >= 11 is 0. The summed E-state index contributed by atoms with van der Waals surface area (Å²) in [5.74, 6) is 0.0780. The third-order valence-electron chi connectivity index (χ3n) is 2.51. The number of rotatable bonds is 2. The van der Waals surface area contributed by atoms with Crippen molar-refractivity contribution >= 4 is 17.4 Å². The third kappa shape index (κ3) is 2.96. The van der Waals surface area contributed by atoms with E-state index in [0.717, 1.165) is 19.4 Å². The molecular weight excluding hydrogens is 218 g/mol. The number of nitrogens with zero attached hydrogens (tertiary/aromatic N) is 1. The van der Waals surface area contributed by atoms with Crippen LogP contribution in [0.5, 0.6) is 5.75 Å². The Morgan fingerprint density at radius 3 is 3.00 bits per heavy atom. The summed E-state index contributed by atoms with van der Waals surface area (Å²) in [5.41, 5.74) is 0.395. The van der Waals surface area contributed by atoms with Crippen LogP contribution in [0.15, 0.2) is 29.3 Å². The number of hydrogen-bond donors (Lipinski definition) is 3. The fourth-order valence-corrected chi connectivity index (χ4v) is 1.60. The summed E-state index contributed by atoms with van der Waals surface area (Å²) in [4.78, 5) is 16.0. The number of amidine groups is 1. The Morgan fingerprint density at radius 2 is 2.18 bits per heavy atom. The highest BCUT2D eigenvalue weighted by Crippen LogP contribution is 2.21. The minimum atomic E-state index is -0.312. The SMILES string of the molecule is O=C(Nc1ccccc1O)C1=NCCCCN1. The van der Waals surface area contributed by atoms with E-state index in [1.54, 1.807) is 18.2 Å². The minimum Gasteiger partial charge on any atom is -0.506 e. The van der Waals surface area contributed by atoms with Gasteiger partial charge in [0, 0.05) is 13.1 Å². The van der Waals surface area contributed by atoms with Gasteiger partial charge >= 0.3 is 0 Å². The van der Waals surface area contributed by atoms with Crippen LogP contribution in [-0.2, 0) is 4.79 Å². The van der Waals surface area contributed by atoms with Gasteiger partial charge in [-0.05, 0) is 25.0 Å². The van der Waals surface area contributed by atoms with Gasteiger partial charge in [0.05, 0.1) is 5.69 Å². The van der Waals surface area contributed by atoms with E-state index < -0.39 is 0 Å². The predicted octanol–water partition coefficient (Wildman–Crippen LogP) is 1.11. The lowest BCUT2D eigenvalue weighted by molar-refractivity contribution is -0.110. The number of aliphatic imine (C=N–C) groups is 1. The topological polar surface area (TPSA) is 73.7 Å². The Kier molecular flexibility index (Phi) is 3.59. The van der Waals surface area contributed by atoms with Crippen LogP contribution in [0.2, 0.25) is 0 Å². The van der Waals surface area contributed by atoms with Crippen LogP contribution in [-0.4, -0.2) is 29.9 Å². The molecule has 3 N–H and O–H groups in total. The van der Waals surface area contributed by atoms with E-state index in [9.17, 15) is 9.90 Å². The van der Waals surface area contributed by atoms with E-state index in [4.69, 9.17) is 0 Å². The Hall–Kier alpha value is -2.04. The molecule has 17 heavy (non-hydrogen) atoms. The average Bonchev–Trinajstić information content (AvgIpc) is 2.61. The number of amides is 1. The number of para-hydroxylation sites is 2. The molecule has 2 rings (SSSR count). The molecule has 0 aromatic heterocycles. The molecule has 0 saturated carbocycles. The van der Waals surface area contributed by atoms with Crippen molar-refractivity contribution in [1.82, 2.24) is 5.32 Å². The number of carbonyl (C=O) groups excluding carboxylic acids is 1. The first-order valence-corrected chi connectivity index (χ1v) is 5.65. The van der Waals surface area contributed by atoms with Gasteiger partial charge in [0.1, 0.15) is 5.75 Å². The van der Waals surface area contributed by atoms with Crippen molar-refractivity contribution in [2.45, 2.75) is 12.8 Å². The van der Waals surface area contributed by atoms with E-state index in [1.807, 2.05) is 0 Å². The van der Waals surface area contributed by atoms with E-state index in [2.05, 4.69) is 15.6 Å². The van der Waals surface area contributed by atoms with Gasteiger partial charge in [-0.15, -0.1) is 0 Å². The monoisotopic (exact) mass is 233 g/mol. The van der Waals surface area contributed by atoms with E-state index in [0.29, 0.717) is 18.1 Å². The van der Waals surface area contributed by atoms with Crippen LogP contribution in [0.3, 0.4) is 0 Å². The molecule has 0 fully saturated rings. The summed E-state index contributed by atoms with van der Waals surface area (Å²) in [6.07, 6.45) is 2.00. The summed E-state index contributed by atoms with van der Waals surface area (Å²) in [6.45, 7) is 1.42. The maximum Gasteiger partial charge on any atom is 0.290 e. The molecule has 90 valence electrons. The molecule has 1 aliphatic rings. The lowest BCUT2D eigenvalue weighted by atomic mass is 10.3. The zero-order valence-corrected chi connectivity index (χ0v) is 9.44. The lowest BCUT2D eigenvalue weighted by Crippen LogP contribution is -2.35. The standard InChI is InChI=1S/C12H15N3O2/c16-10-6-2-1-5-9(10)15-12(17)11-13-7-3-4-8-14-11/h1-2,5-6,16H,3-4,7-8H2,(H,13,14)(H,15,17).